The Labute approximate surface area is 144 Å². The molecule has 138 valence electrons. The first-order chi connectivity index (χ1) is 11.7. The standard InChI is InChI=1S/C16H19F3N2O3S/c17-16(18,19)14-7-3-2-6-11(14)12-10-13(12)15(22)20-25(23,24)21-8-4-1-5-9-21/h2-3,6-7,12-13H,1,4-5,8-10H2,(H,20,22)/t12-,13-/m1/s1. The molecule has 1 aromatic rings. The molecule has 2 atom stereocenters. The number of carbonyl (C=O) groups is 1. The molecule has 0 spiro atoms. The lowest BCUT2D eigenvalue weighted by Gasteiger charge is -2.25. The van der Waals surface area contributed by atoms with Crippen molar-refractivity contribution in [2.45, 2.75) is 37.8 Å². The van der Waals surface area contributed by atoms with Crippen LogP contribution in [0.4, 0.5) is 13.2 Å². The third-order valence-electron chi connectivity index (χ3n) is 4.68. The van der Waals surface area contributed by atoms with E-state index >= 15 is 0 Å². The number of alkyl halides is 3. The summed E-state index contributed by atoms with van der Waals surface area (Å²) in [7, 11) is -3.92. The molecule has 1 aliphatic heterocycles. The van der Waals surface area contributed by atoms with Crippen molar-refractivity contribution in [3.63, 3.8) is 0 Å². The summed E-state index contributed by atoms with van der Waals surface area (Å²) in [5.41, 5.74) is -0.722. The van der Waals surface area contributed by atoms with E-state index in [-0.39, 0.29) is 12.0 Å². The van der Waals surface area contributed by atoms with Crippen molar-refractivity contribution in [1.29, 1.82) is 0 Å². The van der Waals surface area contributed by atoms with Crippen LogP contribution in [-0.2, 0) is 21.2 Å². The summed E-state index contributed by atoms with van der Waals surface area (Å²) < 4.78 is 66.9. The van der Waals surface area contributed by atoms with Gasteiger partial charge in [-0.3, -0.25) is 4.79 Å². The van der Waals surface area contributed by atoms with E-state index in [0.29, 0.717) is 13.1 Å². The Bertz CT molecular complexity index is 758. The second-order valence-electron chi connectivity index (χ2n) is 6.46. The molecule has 1 saturated heterocycles. The van der Waals surface area contributed by atoms with E-state index in [1.54, 1.807) is 0 Å². The summed E-state index contributed by atoms with van der Waals surface area (Å²) in [6.07, 6.45) is -1.87. The number of amides is 1. The summed E-state index contributed by atoms with van der Waals surface area (Å²) in [6.45, 7) is 0.710. The van der Waals surface area contributed by atoms with Crippen molar-refractivity contribution >= 4 is 16.1 Å². The minimum absolute atomic E-state index is 0.0468. The number of nitrogens with one attached hydrogen (secondary N) is 1. The lowest BCUT2D eigenvalue weighted by molar-refractivity contribution is -0.138. The van der Waals surface area contributed by atoms with Gasteiger partial charge in [-0.05, 0) is 36.8 Å². The van der Waals surface area contributed by atoms with E-state index in [1.165, 1.54) is 22.5 Å². The normalized spacial score (nSPS) is 24.8. The summed E-state index contributed by atoms with van der Waals surface area (Å²) in [5.74, 6) is -2.08. The smallest absolute Gasteiger partial charge is 0.274 e. The quantitative estimate of drug-likeness (QED) is 0.879. The Kier molecular flexibility index (Phi) is 4.80. The van der Waals surface area contributed by atoms with Crippen molar-refractivity contribution in [2.24, 2.45) is 5.92 Å². The van der Waals surface area contributed by atoms with Gasteiger partial charge in [0.05, 0.1) is 5.56 Å². The highest BCUT2D eigenvalue weighted by atomic mass is 32.2. The van der Waals surface area contributed by atoms with Gasteiger partial charge in [0.2, 0.25) is 5.91 Å². The topological polar surface area (TPSA) is 66.5 Å². The highest BCUT2D eigenvalue weighted by Gasteiger charge is 2.48. The van der Waals surface area contributed by atoms with Crippen LogP contribution in [0.1, 0.15) is 42.7 Å². The molecular weight excluding hydrogens is 357 g/mol. The van der Waals surface area contributed by atoms with Gasteiger partial charge in [-0.25, -0.2) is 4.72 Å². The lowest BCUT2D eigenvalue weighted by Crippen LogP contribution is -2.46. The van der Waals surface area contributed by atoms with Gasteiger partial charge < -0.3 is 0 Å². The van der Waals surface area contributed by atoms with E-state index in [9.17, 15) is 26.4 Å². The Morgan fingerprint density at radius 1 is 1.12 bits per heavy atom. The van der Waals surface area contributed by atoms with Crippen LogP contribution in [0, 0.1) is 5.92 Å². The SMILES string of the molecule is O=C(NS(=O)(=O)N1CCCCC1)[C@@H]1C[C@@H]1c1ccccc1C(F)(F)F. The van der Waals surface area contributed by atoms with Gasteiger partial charge in [-0.15, -0.1) is 0 Å². The molecule has 2 fully saturated rings. The summed E-state index contributed by atoms with van der Waals surface area (Å²) >= 11 is 0. The van der Waals surface area contributed by atoms with Crippen LogP contribution in [0.15, 0.2) is 24.3 Å². The van der Waals surface area contributed by atoms with Gasteiger partial charge in [0.15, 0.2) is 0 Å². The fourth-order valence-electron chi connectivity index (χ4n) is 3.28. The fraction of sp³-hybridized carbons (Fsp3) is 0.562. The van der Waals surface area contributed by atoms with Crippen molar-refractivity contribution in [2.75, 3.05) is 13.1 Å². The molecular formula is C16H19F3N2O3S. The van der Waals surface area contributed by atoms with Crippen LogP contribution in [-0.4, -0.2) is 31.7 Å². The molecule has 9 heteroatoms. The Morgan fingerprint density at radius 3 is 2.40 bits per heavy atom. The number of hydrogen-bond acceptors (Lipinski definition) is 3. The minimum atomic E-state index is -4.50. The molecule has 1 N–H and O–H groups in total. The summed E-state index contributed by atoms with van der Waals surface area (Å²) in [4.78, 5) is 12.2. The van der Waals surface area contributed by atoms with E-state index in [0.717, 1.165) is 25.3 Å². The second-order valence-corrected chi connectivity index (χ2v) is 8.14. The molecule has 0 radical (unpaired) electrons. The van der Waals surface area contributed by atoms with E-state index in [4.69, 9.17) is 0 Å². The van der Waals surface area contributed by atoms with Crippen LogP contribution in [0.5, 0.6) is 0 Å². The maximum Gasteiger partial charge on any atom is 0.416 e. The monoisotopic (exact) mass is 376 g/mol. The summed E-state index contributed by atoms with van der Waals surface area (Å²) in [5, 5.41) is 0. The Morgan fingerprint density at radius 2 is 1.76 bits per heavy atom. The highest BCUT2D eigenvalue weighted by Crippen LogP contribution is 2.51. The molecule has 1 heterocycles. The maximum atomic E-state index is 13.1. The van der Waals surface area contributed by atoms with Gasteiger partial charge in [0.25, 0.3) is 0 Å². The average molecular weight is 376 g/mol. The van der Waals surface area contributed by atoms with E-state index in [1.807, 2.05) is 4.72 Å². The fourth-order valence-corrected chi connectivity index (χ4v) is 4.55. The largest absolute Gasteiger partial charge is 0.416 e. The zero-order valence-electron chi connectivity index (χ0n) is 13.4. The van der Waals surface area contributed by atoms with E-state index < -0.39 is 39.7 Å². The molecule has 1 aromatic carbocycles. The van der Waals surface area contributed by atoms with Crippen LogP contribution >= 0.6 is 0 Å². The molecule has 2 aliphatic rings. The third-order valence-corrected chi connectivity index (χ3v) is 6.18. The van der Waals surface area contributed by atoms with Crippen LogP contribution in [0.2, 0.25) is 0 Å². The average Bonchev–Trinajstić information content (AvgIpc) is 3.35. The number of carbonyl (C=O) groups excluding carboxylic acids is 1. The molecule has 5 nitrogen and oxygen atoms in total. The number of nitrogens with zero attached hydrogens (tertiary/aromatic N) is 1. The molecule has 0 unspecified atom stereocenters. The van der Waals surface area contributed by atoms with Crippen LogP contribution < -0.4 is 4.72 Å². The van der Waals surface area contributed by atoms with Crippen molar-refractivity contribution in [3.05, 3.63) is 35.4 Å². The first kappa shape index (κ1) is 18.2. The minimum Gasteiger partial charge on any atom is -0.274 e. The maximum absolute atomic E-state index is 13.1. The van der Waals surface area contributed by atoms with Crippen molar-refractivity contribution in [1.82, 2.24) is 9.03 Å². The van der Waals surface area contributed by atoms with Gasteiger partial charge in [-0.1, -0.05) is 24.6 Å². The lowest BCUT2D eigenvalue weighted by atomic mass is 10.0. The number of benzene rings is 1. The Hall–Kier alpha value is -1.61. The van der Waals surface area contributed by atoms with E-state index in [2.05, 4.69) is 0 Å². The molecule has 1 saturated carbocycles. The van der Waals surface area contributed by atoms with Crippen molar-refractivity contribution in [3.8, 4) is 0 Å². The Balaban J connectivity index is 1.69. The zero-order chi connectivity index (χ0) is 18.2. The highest BCUT2D eigenvalue weighted by molar-refractivity contribution is 7.87. The van der Waals surface area contributed by atoms with Crippen LogP contribution in [0.25, 0.3) is 0 Å². The molecule has 0 aromatic heterocycles. The third kappa shape index (κ3) is 3.98. The number of hydrogen-bond donors (Lipinski definition) is 1. The summed E-state index contributed by atoms with van der Waals surface area (Å²) in [6, 6.07) is 5.11. The van der Waals surface area contributed by atoms with Gasteiger partial charge in [-0.2, -0.15) is 25.9 Å². The van der Waals surface area contributed by atoms with Crippen molar-refractivity contribution < 1.29 is 26.4 Å². The molecule has 25 heavy (non-hydrogen) atoms. The first-order valence-corrected chi connectivity index (χ1v) is 9.62. The molecule has 1 aliphatic carbocycles. The van der Waals surface area contributed by atoms with Gasteiger partial charge in [0, 0.05) is 19.0 Å². The molecule has 1 amide bonds. The first-order valence-electron chi connectivity index (χ1n) is 8.18. The number of halogens is 3. The zero-order valence-corrected chi connectivity index (χ0v) is 14.2. The second kappa shape index (κ2) is 6.60. The number of piperidine rings is 1. The van der Waals surface area contributed by atoms with Gasteiger partial charge >= 0.3 is 16.4 Å². The predicted molar refractivity (Wildman–Crippen MR) is 84.8 cm³/mol. The van der Waals surface area contributed by atoms with Crippen LogP contribution in [0.3, 0.4) is 0 Å². The molecule has 3 rings (SSSR count). The molecule has 0 bridgehead atoms. The van der Waals surface area contributed by atoms with Gasteiger partial charge in [0.1, 0.15) is 0 Å². The predicted octanol–water partition coefficient (Wildman–Crippen LogP) is 2.66. The number of rotatable bonds is 4.